The standard InChI is InChI=1S/C12H11N3O3S/c1-7-3-8(18-2)4-10-9(7)6-13-15(10)12-5-11(16)14-19(12)17/h3-6H,1-2H3,(H,14,16). The normalized spacial score (nSPS) is 18.5. The van der Waals surface area contributed by atoms with Crippen LogP contribution in [-0.4, -0.2) is 27.0 Å². The Hall–Kier alpha value is -2.15. The first-order chi connectivity index (χ1) is 9.10. The molecule has 6 nitrogen and oxygen atoms in total. The Bertz CT molecular complexity index is 748. The predicted octanol–water partition coefficient (Wildman–Crippen LogP) is 0.945. The van der Waals surface area contributed by atoms with Crippen LogP contribution in [0.4, 0.5) is 0 Å². The Morgan fingerprint density at radius 3 is 2.84 bits per heavy atom. The number of fused-ring (bicyclic) bond motifs is 1. The molecule has 0 radical (unpaired) electrons. The van der Waals surface area contributed by atoms with Crippen molar-refractivity contribution in [2.24, 2.45) is 0 Å². The van der Waals surface area contributed by atoms with Gasteiger partial charge in [-0.15, -0.1) is 0 Å². The van der Waals surface area contributed by atoms with Crippen molar-refractivity contribution in [3.63, 3.8) is 0 Å². The van der Waals surface area contributed by atoms with E-state index in [0.29, 0.717) is 10.8 Å². The molecule has 3 rings (SSSR count). The number of carbonyl (C=O) groups excluding carboxylic acids is 1. The second-order valence-corrected chi connectivity index (χ2v) is 5.31. The van der Waals surface area contributed by atoms with Gasteiger partial charge in [-0.05, 0) is 18.6 Å². The Balaban J connectivity index is 2.25. The minimum absolute atomic E-state index is 0.327. The summed E-state index contributed by atoms with van der Waals surface area (Å²) in [5.41, 5.74) is 1.76. The van der Waals surface area contributed by atoms with Crippen molar-refractivity contribution in [1.29, 1.82) is 0 Å². The maximum absolute atomic E-state index is 11.8. The van der Waals surface area contributed by atoms with Gasteiger partial charge in [-0.3, -0.25) is 9.52 Å². The van der Waals surface area contributed by atoms with E-state index in [2.05, 4.69) is 9.82 Å². The maximum atomic E-state index is 11.8. The predicted molar refractivity (Wildman–Crippen MR) is 71.6 cm³/mol. The number of hydrogen-bond donors (Lipinski definition) is 1. The van der Waals surface area contributed by atoms with Gasteiger partial charge in [0.1, 0.15) is 5.75 Å². The third-order valence-electron chi connectivity index (χ3n) is 2.95. The fourth-order valence-corrected chi connectivity index (χ4v) is 2.90. The monoisotopic (exact) mass is 277 g/mol. The summed E-state index contributed by atoms with van der Waals surface area (Å²) in [6.07, 6.45) is 2.97. The van der Waals surface area contributed by atoms with E-state index in [-0.39, 0.29) is 5.91 Å². The maximum Gasteiger partial charge on any atom is 0.258 e. The fraction of sp³-hybridized carbons (Fsp3) is 0.167. The van der Waals surface area contributed by atoms with E-state index in [9.17, 15) is 9.00 Å². The highest BCUT2D eigenvalue weighted by molar-refractivity contribution is 7.93. The second kappa shape index (κ2) is 4.20. The molecule has 2 heterocycles. The van der Waals surface area contributed by atoms with Crippen LogP contribution in [0, 0.1) is 6.92 Å². The number of hydrogen-bond acceptors (Lipinski definition) is 4. The molecule has 0 aliphatic carbocycles. The Morgan fingerprint density at radius 1 is 1.42 bits per heavy atom. The van der Waals surface area contributed by atoms with E-state index in [4.69, 9.17) is 4.74 Å². The summed E-state index contributed by atoms with van der Waals surface area (Å²) in [5, 5.41) is 5.46. The molecular weight excluding hydrogens is 266 g/mol. The summed E-state index contributed by atoms with van der Waals surface area (Å²) in [7, 11) is 0.0126. The van der Waals surface area contributed by atoms with Crippen molar-refractivity contribution in [2.45, 2.75) is 6.92 Å². The van der Waals surface area contributed by atoms with E-state index >= 15 is 0 Å². The lowest BCUT2D eigenvalue weighted by Crippen LogP contribution is -2.17. The molecule has 0 fully saturated rings. The number of benzene rings is 1. The lowest BCUT2D eigenvalue weighted by Gasteiger charge is -2.06. The summed E-state index contributed by atoms with van der Waals surface area (Å²) in [4.78, 5) is 11.2. The Labute approximate surface area is 111 Å². The molecule has 19 heavy (non-hydrogen) atoms. The number of nitrogens with one attached hydrogen (secondary N) is 1. The van der Waals surface area contributed by atoms with Gasteiger partial charge in [0, 0.05) is 17.5 Å². The highest BCUT2D eigenvalue weighted by Crippen LogP contribution is 2.27. The van der Waals surface area contributed by atoms with Gasteiger partial charge >= 0.3 is 0 Å². The van der Waals surface area contributed by atoms with Gasteiger partial charge in [0.2, 0.25) is 0 Å². The lowest BCUT2D eigenvalue weighted by molar-refractivity contribution is -0.114. The molecule has 1 N–H and O–H groups in total. The van der Waals surface area contributed by atoms with Crippen molar-refractivity contribution in [2.75, 3.05) is 7.11 Å². The van der Waals surface area contributed by atoms with Crippen LogP contribution in [0.1, 0.15) is 5.56 Å². The number of methoxy groups -OCH3 is 1. The zero-order chi connectivity index (χ0) is 13.6. The number of rotatable bonds is 2. The van der Waals surface area contributed by atoms with Crippen molar-refractivity contribution < 1.29 is 13.7 Å². The van der Waals surface area contributed by atoms with Crippen LogP contribution in [0.3, 0.4) is 0 Å². The van der Waals surface area contributed by atoms with E-state index in [0.717, 1.165) is 16.5 Å². The van der Waals surface area contributed by atoms with Crippen LogP contribution in [0.2, 0.25) is 0 Å². The van der Waals surface area contributed by atoms with Crippen molar-refractivity contribution in [1.82, 2.24) is 14.5 Å². The van der Waals surface area contributed by atoms with Gasteiger partial charge in [0.15, 0.2) is 16.0 Å². The molecule has 98 valence electrons. The molecule has 1 aromatic carbocycles. The van der Waals surface area contributed by atoms with Crippen LogP contribution >= 0.6 is 0 Å². The lowest BCUT2D eigenvalue weighted by atomic mass is 10.1. The summed E-state index contributed by atoms with van der Waals surface area (Å²) < 4.78 is 20.8. The topological polar surface area (TPSA) is 73.2 Å². The van der Waals surface area contributed by atoms with Crippen LogP contribution in [-0.2, 0) is 15.8 Å². The van der Waals surface area contributed by atoms with Crippen molar-refractivity contribution in [3.05, 3.63) is 30.0 Å². The minimum atomic E-state index is -1.57. The second-order valence-electron chi connectivity index (χ2n) is 4.15. The molecule has 1 unspecified atom stereocenters. The van der Waals surface area contributed by atoms with Gasteiger partial charge < -0.3 is 4.74 Å². The molecule has 0 saturated carbocycles. The molecular formula is C12H11N3O3S. The van der Waals surface area contributed by atoms with Gasteiger partial charge in [0.25, 0.3) is 5.91 Å². The molecule has 1 atom stereocenters. The first-order valence-corrected chi connectivity index (χ1v) is 6.72. The summed E-state index contributed by atoms with van der Waals surface area (Å²) in [6, 6.07) is 3.70. The molecule has 1 amide bonds. The zero-order valence-corrected chi connectivity index (χ0v) is 11.2. The van der Waals surface area contributed by atoms with Gasteiger partial charge in [-0.1, -0.05) is 0 Å². The minimum Gasteiger partial charge on any atom is -0.497 e. The Morgan fingerprint density at radius 2 is 2.21 bits per heavy atom. The van der Waals surface area contributed by atoms with E-state index in [1.807, 2.05) is 13.0 Å². The van der Waals surface area contributed by atoms with Gasteiger partial charge in [-0.2, -0.15) is 5.10 Å². The first-order valence-electron chi connectivity index (χ1n) is 5.57. The highest BCUT2D eigenvalue weighted by Gasteiger charge is 2.23. The molecule has 1 aromatic heterocycles. The van der Waals surface area contributed by atoms with Crippen LogP contribution in [0.15, 0.2) is 24.4 Å². The average molecular weight is 277 g/mol. The summed E-state index contributed by atoms with van der Waals surface area (Å²) in [6.45, 7) is 1.94. The number of ether oxygens (including phenoxy) is 1. The molecule has 2 aromatic rings. The highest BCUT2D eigenvalue weighted by atomic mass is 32.2. The number of aryl methyl sites for hydroxylation is 1. The third kappa shape index (κ3) is 1.82. The smallest absolute Gasteiger partial charge is 0.258 e. The summed E-state index contributed by atoms with van der Waals surface area (Å²) >= 11 is 0. The molecule has 1 aliphatic heterocycles. The first kappa shape index (κ1) is 11.9. The number of aromatic nitrogens is 2. The SMILES string of the molecule is COc1cc(C)c2cnn(C3=CC(=O)NS3=O)c2c1. The van der Waals surface area contributed by atoms with E-state index in [1.54, 1.807) is 19.4 Å². The number of amides is 1. The van der Waals surface area contributed by atoms with Gasteiger partial charge in [-0.25, -0.2) is 8.89 Å². The molecule has 0 spiro atoms. The molecule has 7 heteroatoms. The molecule has 1 aliphatic rings. The number of carbonyl (C=O) groups is 1. The Kier molecular flexibility index (Phi) is 2.63. The van der Waals surface area contributed by atoms with E-state index < -0.39 is 11.0 Å². The molecule has 0 bridgehead atoms. The molecule has 0 saturated heterocycles. The van der Waals surface area contributed by atoms with Crippen LogP contribution in [0.25, 0.3) is 15.9 Å². The average Bonchev–Trinajstić information content (AvgIpc) is 2.92. The largest absolute Gasteiger partial charge is 0.497 e. The van der Waals surface area contributed by atoms with Crippen LogP contribution in [0.5, 0.6) is 5.75 Å². The van der Waals surface area contributed by atoms with Crippen LogP contribution < -0.4 is 9.46 Å². The van der Waals surface area contributed by atoms with Gasteiger partial charge in [0.05, 0.1) is 18.8 Å². The van der Waals surface area contributed by atoms with Crippen molar-refractivity contribution >= 4 is 32.8 Å². The van der Waals surface area contributed by atoms with Crippen molar-refractivity contribution in [3.8, 4) is 5.75 Å². The fourth-order valence-electron chi connectivity index (χ4n) is 2.04. The number of nitrogens with zero attached hydrogens (tertiary/aromatic N) is 2. The quantitative estimate of drug-likeness (QED) is 0.887. The summed E-state index contributed by atoms with van der Waals surface area (Å²) in [5.74, 6) is 0.312. The zero-order valence-electron chi connectivity index (χ0n) is 10.3. The third-order valence-corrected chi connectivity index (χ3v) is 4.01. The van der Waals surface area contributed by atoms with E-state index in [1.165, 1.54) is 10.8 Å².